The first-order valence-electron chi connectivity index (χ1n) is 7.85. The average Bonchev–Trinajstić information content (AvgIpc) is 2.83. The summed E-state index contributed by atoms with van der Waals surface area (Å²) in [4.78, 5) is 20.6. The van der Waals surface area contributed by atoms with Crippen LogP contribution in [0.25, 0.3) is 21.1 Å². The monoisotopic (exact) mass is 327 g/mol. The average molecular weight is 327 g/mol. The Labute approximate surface area is 139 Å². The number of carbonyl (C=O) groups is 1. The number of hydrogen-bond donors (Lipinski definition) is 1. The van der Waals surface area contributed by atoms with Gasteiger partial charge in [0.25, 0.3) is 5.91 Å². The topological polar surface area (TPSA) is 59.2 Å². The molecule has 2 N–H and O–H groups in total. The van der Waals surface area contributed by atoms with Crippen LogP contribution in [0.15, 0.2) is 18.2 Å². The Morgan fingerprint density at radius 3 is 2.52 bits per heavy atom. The van der Waals surface area contributed by atoms with Gasteiger partial charge in [-0.2, -0.15) is 0 Å². The summed E-state index contributed by atoms with van der Waals surface area (Å²) in [6.07, 6.45) is 0. The van der Waals surface area contributed by atoms with Gasteiger partial charge in [-0.1, -0.05) is 6.07 Å². The van der Waals surface area contributed by atoms with Crippen molar-refractivity contribution in [2.45, 2.75) is 27.7 Å². The number of pyridine rings is 1. The van der Waals surface area contributed by atoms with Gasteiger partial charge in [-0.3, -0.25) is 4.79 Å². The van der Waals surface area contributed by atoms with Crippen LogP contribution < -0.4 is 5.73 Å². The lowest BCUT2D eigenvalue weighted by molar-refractivity contribution is 0.0779. The third-order valence-electron chi connectivity index (χ3n) is 4.23. The highest BCUT2D eigenvalue weighted by Gasteiger charge is 2.21. The number of nitrogen functional groups attached to an aromatic ring is 1. The predicted octanol–water partition coefficient (Wildman–Crippen LogP) is 4.13. The molecular weight excluding hydrogens is 306 g/mol. The summed E-state index contributed by atoms with van der Waals surface area (Å²) in [7, 11) is 0. The van der Waals surface area contributed by atoms with Gasteiger partial charge < -0.3 is 10.6 Å². The van der Waals surface area contributed by atoms with E-state index in [1.165, 1.54) is 22.5 Å². The summed E-state index contributed by atoms with van der Waals surface area (Å²) < 4.78 is 0. The molecule has 2 aromatic heterocycles. The summed E-state index contributed by atoms with van der Waals surface area (Å²) in [6, 6.07) is 6.28. The van der Waals surface area contributed by atoms with Gasteiger partial charge in [-0.15, -0.1) is 11.3 Å². The van der Waals surface area contributed by atoms with Gasteiger partial charge in [-0.05, 0) is 51.0 Å². The molecule has 3 rings (SSSR count). The minimum absolute atomic E-state index is 0.00698. The largest absolute Gasteiger partial charge is 0.397 e. The Morgan fingerprint density at radius 1 is 1.17 bits per heavy atom. The fourth-order valence-corrected chi connectivity index (χ4v) is 4.02. The first-order chi connectivity index (χ1) is 11.0. The minimum atomic E-state index is -0.00698. The lowest BCUT2D eigenvalue weighted by atomic mass is 10.0. The van der Waals surface area contributed by atoms with E-state index in [-0.39, 0.29) is 5.91 Å². The molecule has 0 saturated carbocycles. The van der Waals surface area contributed by atoms with Crippen LogP contribution in [0.4, 0.5) is 5.69 Å². The van der Waals surface area contributed by atoms with Crippen molar-refractivity contribution in [2.24, 2.45) is 0 Å². The second kappa shape index (κ2) is 5.81. The number of nitrogens with two attached hydrogens (primary N) is 1. The lowest BCUT2D eigenvalue weighted by Crippen LogP contribution is -2.30. The Morgan fingerprint density at radius 2 is 1.87 bits per heavy atom. The fourth-order valence-electron chi connectivity index (χ4n) is 2.97. The van der Waals surface area contributed by atoms with Crippen molar-refractivity contribution >= 4 is 44.1 Å². The van der Waals surface area contributed by atoms with Crippen LogP contribution >= 0.6 is 11.3 Å². The van der Waals surface area contributed by atoms with Crippen molar-refractivity contribution in [1.29, 1.82) is 0 Å². The maximum absolute atomic E-state index is 12.6. The van der Waals surface area contributed by atoms with E-state index in [4.69, 9.17) is 10.7 Å². The number of nitrogens with zero attached hydrogens (tertiary/aromatic N) is 2. The predicted molar refractivity (Wildman–Crippen MR) is 98.3 cm³/mol. The van der Waals surface area contributed by atoms with Crippen LogP contribution in [-0.2, 0) is 0 Å². The van der Waals surface area contributed by atoms with Gasteiger partial charge in [0.2, 0.25) is 0 Å². The SMILES string of the molecule is CCN(CC)C(=O)c1sc2nc3cc(C)cc(C)c3cc2c1N. The van der Waals surface area contributed by atoms with Gasteiger partial charge in [0, 0.05) is 23.9 Å². The van der Waals surface area contributed by atoms with E-state index >= 15 is 0 Å². The molecule has 5 heteroatoms. The molecule has 2 heterocycles. The molecule has 0 radical (unpaired) electrons. The van der Waals surface area contributed by atoms with E-state index in [0.29, 0.717) is 23.7 Å². The van der Waals surface area contributed by atoms with Crippen LogP contribution in [0.3, 0.4) is 0 Å². The zero-order valence-electron chi connectivity index (χ0n) is 13.9. The first kappa shape index (κ1) is 15.7. The molecule has 0 aliphatic carbocycles. The molecule has 1 amide bonds. The number of rotatable bonds is 3. The highest BCUT2D eigenvalue weighted by atomic mass is 32.1. The van der Waals surface area contributed by atoms with Gasteiger partial charge in [0.15, 0.2) is 0 Å². The number of hydrogen-bond acceptors (Lipinski definition) is 4. The normalized spacial score (nSPS) is 11.3. The third-order valence-corrected chi connectivity index (χ3v) is 5.33. The highest BCUT2D eigenvalue weighted by molar-refractivity contribution is 7.21. The fraction of sp³-hybridized carbons (Fsp3) is 0.333. The van der Waals surface area contributed by atoms with Crippen molar-refractivity contribution in [1.82, 2.24) is 9.88 Å². The summed E-state index contributed by atoms with van der Waals surface area (Å²) in [6.45, 7) is 9.45. The summed E-state index contributed by atoms with van der Waals surface area (Å²) >= 11 is 1.39. The summed E-state index contributed by atoms with van der Waals surface area (Å²) in [5.41, 5.74) is 10.2. The van der Waals surface area contributed by atoms with Crippen molar-refractivity contribution in [3.8, 4) is 0 Å². The Balaban J connectivity index is 2.24. The molecule has 0 unspecified atom stereocenters. The lowest BCUT2D eigenvalue weighted by Gasteiger charge is -2.17. The zero-order chi connectivity index (χ0) is 16.7. The molecule has 4 nitrogen and oxygen atoms in total. The van der Waals surface area contributed by atoms with Crippen LogP contribution in [-0.4, -0.2) is 28.9 Å². The number of thiophene rings is 1. The van der Waals surface area contributed by atoms with E-state index in [1.54, 1.807) is 4.90 Å². The maximum Gasteiger partial charge on any atom is 0.266 e. The molecule has 0 saturated heterocycles. The summed E-state index contributed by atoms with van der Waals surface area (Å²) in [5, 5.41) is 1.97. The van der Waals surface area contributed by atoms with Crippen molar-refractivity contribution in [2.75, 3.05) is 18.8 Å². The molecule has 0 fully saturated rings. The van der Waals surface area contributed by atoms with Crippen molar-refractivity contribution in [3.63, 3.8) is 0 Å². The molecule has 0 atom stereocenters. The minimum Gasteiger partial charge on any atom is -0.397 e. The maximum atomic E-state index is 12.6. The van der Waals surface area contributed by atoms with Crippen molar-refractivity contribution < 1.29 is 4.79 Å². The molecule has 1 aromatic carbocycles. The molecule has 0 aliphatic heterocycles. The number of amides is 1. The molecule has 0 aliphatic rings. The van der Waals surface area contributed by atoms with E-state index in [1.807, 2.05) is 13.8 Å². The van der Waals surface area contributed by atoms with Gasteiger partial charge in [-0.25, -0.2) is 4.98 Å². The molecule has 0 bridgehead atoms. The molecular formula is C18H21N3OS. The second-order valence-corrected chi connectivity index (χ2v) is 6.81. The van der Waals surface area contributed by atoms with Crippen molar-refractivity contribution in [3.05, 3.63) is 34.2 Å². The highest BCUT2D eigenvalue weighted by Crippen LogP contribution is 2.36. The van der Waals surface area contributed by atoms with E-state index in [9.17, 15) is 4.79 Å². The molecule has 3 aromatic rings. The number of benzene rings is 1. The number of carbonyl (C=O) groups excluding carboxylic acids is 1. The third kappa shape index (κ3) is 2.55. The Kier molecular flexibility index (Phi) is 3.98. The standard InChI is InChI=1S/C18H21N3OS/c1-5-21(6-2)18(22)16-15(19)13-9-12-11(4)7-10(3)8-14(12)20-17(13)23-16/h7-9H,5-6,19H2,1-4H3. The smallest absolute Gasteiger partial charge is 0.266 e. The number of fused-ring (bicyclic) bond motifs is 2. The number of aryl methyl sites for hydroxylation is 2. The second-order valence-electron chi connectivity index (χ2n) is 5.81. The van der Waals surface area contributed by atoms with Gasteiger partial charge in [0.05, 0.1) is 11.2 Å². The van der Waals surface area contributed by atoms with Crippen LogP contribution in [0, 0.1) is 13.8 Å². The quantitative estimate of drug-likeness (QED) is 0.787. The van der Waals surface area contributed by atoms with Crippen LogP contribution in [0.5, 0.6) is 0 Å². The Hall–Kier alpha value is -2.14. The number of aromatic nitrogens is 1. The first-order valence-corrected chi connectivity index (χ1v) is 8.67. The number of anilines is 1. The van der Waals surface area contributed by atoms with Gasteiger partial charge in [0.1, 0.15) is 9.71 Å². The van der Waals surface area contributed by atoms with Crippen LogP contribution in [0.1, 0.15) is 34.6 Å². The van der Waals surface area contributed by atoms with E-state index in [2.05, 4.69) is 32.0 Å². The Bertz CT molecular complexity index is 910. The molecule has 120 valence electrons. The van der Waals surface area contributed by atoms with E-state index < -0.39 is 0 Å². The summed E-state index contributed by atoms with van der Waals surface area (Å²) in [5.74, 6) is -0.00698. The molecule has 23 heavy (non-hydrogen) atoms. The van der Waals surface area contributed by atoms with E-state index in [0.717, 1.165) is 21.1 Å². The van der Waals surface area contributed by atoms with Crippen LogP contribution in [0.2, 0.25) is 0 Å². The zero-order valence-corrected chi connectivity index (χ0v) is 14.8. The molecule has 0 spiro atoms. The van der Waals surface area contributed by atoms with Gasteiger partial charge >= 0.3 is 0 Å².